The van der Waals surface area contributed by atoms with Gasteiger partial charge in [-0.1, -0.05) is 50.9 Å². The number of esters is 1. The van der Waals surface area contributed by atoms with Crippen molar-refractivity contribution in [1.29, 1.82) is 0 Å². The second-order valence-electron chi connectivity index (χ2n) is 7.04. The summed E-state index contributed by atoms with van der Waals surface area (Å²) in [4.78, 5) is 12.0. The van der Waals surface area contributed by atoms with E-state index in [0.717, 1.165) is 37.2 Å². The molecular weight excluding hydrogens is 340 g/mol. The van der Waals surface area contributed by atoms with Crippen molar-refractivity contribution in [3.8, 4) is 23.3 Å². The first-order chi connectivity index (χ1) is 13.3. The maximum absolute atomic E-state index is 12.0. The van der Waals surface area contributed by atoms with Gasteiger partial charge in [0.25, 0.3) is 0 Å². The smallest absolute Gasteiger partial charge is 0.384 e. The van der Waals surface area contributed by atoms with Crippen molar-refractivity contribution in [2.75, 3.05) is 13.7 Å². The van der Waals surface area contributed by atoms with E-state index in [1.807, 2.05) is 24.3 Å². The fourth-order valence-electron chi connectivity index (χ4n) is 3.18. The predicted molar refractivity (Wildman–Crippen MR) is 107 cm³/mol. The Morgan fingerprint density at radius 1 is 0.926 bits per heavy atom. The first kappa shape index (κ1) is 21.2. The van der Waals surface area contributed by atoms with Crippen LogP contribution in [0.2, 0.25) is 0 Å². The Morgan fingerprint density at radius 2 is 1.52 bits per heavy atom. The van der Waals surface area contributed by atoms with E-state index in [-0.39, 0.29) is 6.10 Å². The summed E-state index contributed by atoms with van der Waals surface area (Å²) in [5.41, 5.74) is 0. The lowest BCUT2D eigenvalue weighted by atomic mass is 10.0. The van der Waals surface area contributed by atoms with Gasteiger partial charge in [-0.05, 0) is 43.5 Å². The zero-order valence-corrected chi connectivity index (χ0v) is 16.5. The third-order valence-electron chi connectivity index (χ3n) is 4.79. The van der Waals surface area contributed by atoms with Crippen LogP contribution in [0.5, 0.6) is 11.5 Å². The summed E-state index contributed by atoms with van der Waals surface area (Å²) in [5, 5.41) is 0. The van der Waals surface area contributed by atoms with Crippen LogP contribution in [0, 0.1) is 11.8 Å². The van der Waals surface area contributed by atoms with Crippen LogP contribution < -0.4 is 9.47 Å². The molecule has 0 bridgehead atoms. The number of carbonyl (C=O) groups is 1. The molecule has 0 saturated carbocycles. The van der Waals surface area contributed by atoms with Gasteiger partial charge in [0.2, 0.25) is 0 Å². The summed E-state index contributed by atoms with van der Waals surface area (Å²) < 4.78 is 16.5. The summed E-state index contributed by atoms with van der Waals surface area (Å²) >= 11 is 0. The number of hydrogen-bond acceptors (Lipinski definition) is 4. The lowest BCUT2D eigenvalue weighted by Gasteiger charge is -2.17. The van der Waals surface area contributed by atoms with Crippen molar-refractivity contribution in [1.82, 2.24) is 0 Å². The fourth-order valence-corrected chi connectivity index (χ4v) is 3.18. The lowest BCUT2D eigenvalue weighted by molar-refractivity contribution is -0.143. The largest absolute Gasteiger partial charge is 0.497 e. The van der Waals surface area contributed by atoms with Crippen LogP contribution in [-0.4, -0.2) is 25.8 Å². The molecule has 1 heterocycles. The number of cyclic esters (lactones) is 1. The SMILES string of the molecule is COc1ccc(OCC2CCCCCCCCCCCC#CC(=O)O2)cc1. The van der Waals surface area contributed by atoms with Gasteiger partial charge in [-0.3, -0.25) is 0 Å². The standard InChI is InChI=1S/C23H32O4/c1-25-20-15-17-21(18-16-20)26-19-22-13-11-9-7-5-3-2-4-6-8-10-12-14-23(24)27-22/h15-18,22H,2-11,13,19H2,1H3. The predicted octanol–water partition coefficient (Wildman–Crippen LogP) is 5.29. The van der Waals surface area contributed by atoms with Crippen LogP contribution in [-0.2, 0) is 9.53 Å². The molecule has 2 rings (SSSR count). The van der Waals surface area contributed by atoms with Crippen molar-refractivity contribution in [3.05, 3.63) is 24.3 Å². The number of carbonyl (C=O) groups excluding carboxylic acids is 1. The monoisotopic (exact) mass is 372 g/mol. The Bertz CT molecular complexity index is 597. The molecule has 0 saturated heterocycles. The Morgan fingerprint density at radius 3 is 2.19 bits per heavy atom. The van der Waals surface area contributed by atoms with Crippen LogP contribution in [0.1, 0.15) is 70.6 Å². The van der Waals surface area contributed by atoms with E-state index >= 15 is 0 Å². The highest BCUT2D eigenvalue weighted by atomic mass is 16.6. The maximum Gasteiger partial charge on any atom is 0.384 e. The summed E-state index contributed by atoms with van der Waals surface area (Å²) in [6, 6.07) is 7.42. The van der Waals surface area contributed by atoms with Crippen molar-refractivity contribution >= 4 is 5.97 Å². The van der Waals surface area contributed by atoms with E-state index in [9.17, 15) is 4.79 Å². The average molecular weight is 373 g/mol. The van der Waals surface area contributed by atoms with Crippen molar-refractivity contribution in [3.63, 3.8) is 0 Å². The Kier molecular flexibility index (Phi) is 10.3. The number of methoxy groups -OCH3 is 1. The van der Waals surface area contributed by atoms with E-state index in [1.54, 1.807) is 7.11 Å². The first-order valence-corrected chi connectivity index (χ1v) is 10.2. The molecule has 0 fully saturated rings. The molecule has 1 unspecified atom stereocenters. The van der Waals surface area contributed by atoms with Crippen molar-refractivity contribution < 1.29 is 19.0 Å². The van der Waals surface area contributed by atoms with Gasteiger partial charge in [0.1, 0.15) is 24.2 Å². The molecule has 0 amide bonds. The topological polar surface area (TPSA) is 44.8 Å². The third kappa shape index (κ3) is 9.38. The minimum atomic E-state index is -0.439. The van der Waals surface area contributed by atoms with Gasteiger partial charge >= 0.3 is 5.97 Å². The van der Waals surface area contributed by atoms with Crippen LogP contribution in [0.25, 0.3) is 0 Å². The second-order valence-corrected chi connectivity index (χ2v) is 7.04. The molecule has 27 heavy (non-hydrogen) atoms. The maximum atomic E-state index is 12.0. The number of hydrogen-bond donors (Lipinski definition) is 0. The van der Waals surface area contributed by atoms with E-state index in [0.29, 0.717) is 6.61 Å². The van der Waals surface area contributed by atoms with Crippen LogP contribution in [0.3, 0.4) is 0 Å². The molecule has 0 aliphatic carbocycles. The fraction of sp³-hybridized carbons (Fsp3) is 0.609. The molecule has 4 heteroatoms. The molecule has 0 radical (unpaired) electrons. The van der Waals surface area contributed by atoms with Crippen LogP contribution >= 0.6 is 0 Å². The van der Waals surface area contributed by atoms with Gasteiger partial charge in [-0.25, -0.2) is 4.79 Å². The minimum absolute atomic E-state index is 0.262. The van der Waals surface area contributed by atoms with Gasteiger partial charge in [0.15, 0.2) is 0 Å². The third-order valence-corrected chi connectivity index (χ3v) is 4.79. The quantitative estimate of drug-likeness (QED) is 0.409. The zero-order valence-electron chi connectivity index (χ0n) is 16.5. The summed E-state index contributed by atoms with van der Waals surface area (Å²) in [7, 11) is 1.63. The van der Waals surface area contributed by atoms with Crippen LogP contribution in [0.15, 0.2) is 24.3 Å². The van der Waals surface area contributed by atoms with Crippen LogP contribution in [0.4, 0.5) is 0 Å². The molecule has 1 aromatic carbocycles. The van der Waals surface area contributed by atoms with E-state index in [1.165, 1.54) is 44.9 Å². The number of rotatable bonds is 4. The summed E-state index contributed by atoms with van der Waals surface area (Å²) in [6.45, 7) is 0.347. The number of ether oxygens (including phenoxy) is 3. The van der Waals surface area contributed by atoms with Gasteiger partial charge in [-0.15, -0.1) is 0 Å². The molecule has 0 spiro atoms. The average Bonchev–Trinajstić information content (AvgIpc) is 2.69. The second kappa shape index (κ2) is 13.1. The molecular formula is C23H32O4. The van der Waals surface area contributed by atoms with Crippen molar-refractivity contribution in [2.45, 2.75) is 76.7 Å². The molecule has 148 valence electrons. The normalized spacial score (nSPS) is 20.0. The highest BCUT2D eigenvalue weighted by Gasteiger charge is 2.14. The Balaban J connectivity index is 1.87. The van der Waals surface area contributed by atoms with Gasteiger partial charge in [-0.2, -0.15) is 0 Å². The van der Waals surface area contributed by atoms with Gasteiger partial charge in [0.05, 0.1) is 7.11 Å². The molecule has 1 aliphatic rings. The summed E-state index contributed by atoms with van der Waals surface area (Å²) in [5.74, 6) is 6.66. The first-order valence-electron chi connectivity index (χ1n) is 10.2. The van der Waals surface area contributed by atoms with E-state index in [2.05, 4.69) is 11.8 Å². The molecule has 0 aromatic heterocycles. The Labute approximate surface area is 163 Å². The molecule has 0 N–H and O–H groups in total. The highest BCUT2D eigenvalue weighted by molar-refractivity contribution is 5.88. The van der Waals surface area contributed by atoms with Crippen molar-refractivity contribution in [2.24, 2.45) is 0 Å². The van der Waals surface area contributed by atoms with E-state index < -0.39 is 5.97 Å². The van der Waals surface area contributed by atoms with E-state index in [4.69, 9.17) is 14.2 Å². The molecule has 1 aromatic rings. The zero-order chi connectivity index (χ0) is 19.2. The number of benzene rings is 1. The Hall–Kier alpha value is -2.15. The lowest BCUT2D eigenvalue weighted by Crippen LogP contribution is -2.24. The highest BCUT2D eigenvalue weighted by Crippen LogP contribution is 2.19. The van der Waals surface area contributed by atoms with Gasteiger partial charge < -0.3 is 14.2 Å². The molecule has 1 aliphatic heterocycles. The van der Waals surface area contributed by atoms with Gasteiger partial charge in [0, 0.05) is 12.3 Å². The minimum Gasteiger partial charge on any atom is -0.497 e. The molecule has 1 atom stereocenters. The molecule has 4 nitrogen and oxygen atoms in total. The summed E-state index contributed by atoms with van der Waals surface area (Å²) in [6.07, 6.45) is 12.2.